The zero-order valence-corrected chi connectivity index (χ0v) is 12.4. The fraction of sp³-hybridized carbons (Fsp3) is 0.615. The van der Waals surface area contributed by atoms with E-state index in [0.29, 0.717) is 5.16 Å². The van der Waals surface area contributed by atoms with Gasteiger partial charge in [-0.2, -0.15) is 5.26 Å². The van der Waals surface area contributed by atoms with Crippen LogP contribution in [0.4, 0.5) is 0 Å². The number of nitrogens with one attached hydrogen (secondary N) is 2. The monoisotopic (exact) mass is 280 g/mol. The summed E-state index contributed by atoms with van der Waals surface area (Å²) in [7, 11) is 0. The molecule has 1 unspecified atom stereocenters. The van der Waals surface area contributed by atoms with E-state index in [9.17, 15) is 10.1 Å². The number of aromatic nitrogens is 2. The maximum absolute atomic E-state index is 11.1. The lowest BCUT2D eigenvalue weighted by atomic mass is 9.97. The Hall–Kier alpha value is -1.32. The first-order valence-corrected chi connectivity index (χ1v) is 7.31. The Morgan fingerprint density at radius 3 is 2.95 bits per heavy atom. The summed E-state index contributed by atoms with van der Waals surface area (Å²) in [6.45, 7) is 5.98. The van der Waals surface area contributed by atoms with E-state index < -0.39 is 5.54 Å². The quantitative estimate of drug-likeness (QED) is 0.453. The van der Waals surface area contributed by atoms with Gasteiger partial charge in [0, 0.05) is 24.1 Å². The highest BCUT2D eigenvalue weighted by atomic mass is 32.2. The van der Waals surface area contributed by atoms with Crippen molar-refractivity contribution in [2.45, 2.75) is 50.4 Å². The van der Waals surface area contributed by atoms with E-state index in [1.54, 1.807) is 0 Å². The standard InChI is InChI=1S/C13H20N4OS/c1-10(2)17-13(3,9-14)6-4-8-19-12-15-7-5-11(18)16-12/h5,7,10,17H,4,6,8H2,1-3H3,(H,15,16,18). The second-order valence-corrected chi connectivity index (χ2v) is 6.02. The first-order chi connectivity index (χ1) is 8.95. The minimum atomic E-state index is -0.494. The molecule has 1 heterocycles. The molecule has 1 aromatic rings. The minimum Gasteiger partial charge on any atom is -0.301 e. The SMILES string of the molecule is CC(C)NC(C)(C#N)CCCSc1nccc(=O)[nH]1. The largest absolute Gasteiger partial charge is 0.301 e. The number of H-pyrrole nitrogens is 1. The molecular formula is C13H20N4OS. The van der Waals surface area contributed by atoms with Crippen molar-refractivity contribution in [2.24, 2.45) is 0 Å². The van der Waals surface area contributed by atoms with Gasteiger partial charge in [0.05, 0.1) is 6.07 Å². The van der Waals surface area contributed by atoms with E-state index in [-0.39, 0.29) is 11.6 Å². The highest BCUT2D eigenvalue weighted by Crippen LogP contribution is 2.17. The molecule has 0 aliphatic carbocycles. The maximum Gasteiger partial charge on any atom is 0.251 e. The molecule has 0 bridgehead atoms. The molecular weight excluding hydrogens is 260 g/mol. The summed E-state index contributed by atoms with van der Waals surface area (Å²) in [6.07, 6.45) is 3.15. The number of hydrogen-bond donors (Lipinski definition) is 2. The van der Waals surface area contributed by atoms with Crippen molar-refractivity contribution >= 4 is 11.8 Å². The van der Waals surface area contributed by atoms with Crippen molar-refractivity contribution in [3.8, 4) is 6.07 Å². The van der Waals surface area contributed by atoms with E-state index in [0.717, 1.165) is 18.6 Å². The van der Waals surface area contributed by atoms with Gasteiger partial charge in [0.2, 0.25) is 0 Å². The van der Waals surface area contributed by atoms with Crippen LogP contribution < -0.4 is 10.9 Å². The first kappa shape index (κ1) is 15.7. The van der Waals surface area contributed by atoms with Gasteiger partial charge >= 0.3 is 0 Å². The predicted octanol–water partition coefficient (Wildman–Crippen LogP) is 1.92. The normalized spacial score (nSPS) is 14.1. The van der Waals surface area contributed by atoms with Crippen molar-refractivity contribution in [1.82, 2.24) is 15.3 Å². The molecule has 1 aromatic heterocycles. The van der Waals surface area contributed by atoms with Crippen LogP contribution in [0.1, 0.15) is 33.6 Å². The van der Waals surface area contributed by atoms with E-state index in [4.69, 9.17) is 0 Å². The summed E-state index contributed by atoms with van der Waals surface area (Å²) < 4.78 is 0. The highest BCUT2D eigenvalue weighted by Gasteiger charge is 2.23. The summed E-state index contributed by atoms with van der Waals surface area (Å²) in [5.41, 5.74) is -0.632. The lowest BCUT2D eigenvalue weighted by molar-refractivity contribution is 0.380. The smallest absolute Gasteiger partial charge is 0.251 e. The van der Waals surface area contributed by atoms with Gasteiger partial charge in [0.25, 0.3) is 5.56 Å². The lowest BCUT2D eigenvalue weighted by Crippen LogP contribution is -2.44. The van der Waals surface area contributed by atoms with E-state index >= 15 is 0 Å². The van der Waals surface area contributed by atoms with Crippen LogP contribution in [-0.2, 0) is 0 Å². The van der Waals surface area contributed by atoms with Gasteiger partial charge in [0.1, 0.15) is 5.54 Å². The Morgan fingerprint density at radius 1 is 1.63 bits per heavy atom. The molecule has 1 rings (SSSR count). The van der Waals surface area contributed by atoms with Crippen molar-refractivity contribution < 1.29 is 0 Å². The van der Waals surface area contributed by atoms with Gasteiger partial charge < -0.3 is 4.98 Å². The van der Waals surface area contributed by atoms with Gasteiger partial charge in [-0.05, 0) is 33.6 Å². The molecule has 0 aromatic carbocycles. The zero-order valence-electron chi connectivity index (χ0n) is 11.6. The predicted molar refractivity (Wildman–Crippen MR) is 77.1 cm³/mol. The molecule has 104 valence electrons. The molecule has 2 N–H and O–H groups in total. The molecule has 0 radical (unpaired) electrons. The Balaban J connectivity index is 2.38. The molecule has 0 aliphatic heterocycles. The van der Waals surface area contributed by atoms with Crippen molar-refractivity contribution in [2.75, 3.05) is 5.75 Å². The number of rotatable bonds is 7. The van der Waals surface area contributed by atoms with Gasteiger partial charge in [-0.25, -0.2) is 4.98 Å². The van der Waals surface area contributed by atoms with Crippen LogP contribution >= 0.6 is 11.8 Å². The average Bonchev–Trinajstić information content (AvgIpc) is 2.34. The van der Waals surface area contributed by atoms with Gasteiger partial charge in [-0.1, -0.05) is 11.8 Å². The van der Waals surface area contributed by atoms with Gasteiger partial charge in [0.15, 0.2) is 5.16 Å². The summed E-state index contributed by atoms with van der Waals surface area (Å²) >= 11 is 1.50. The molecule has 0 saturated carbocycles. The number of nitrogens with zero attached hydrogens (tertiary/aromatic N) is 2. The van der Waals surface area contributed by atoms with Crippen molar-refractivity contribution in [1.29, 1.82) is 5.26 Å². The minimum absolute atomic E-state index is 0.138. The van der Waals surface area contributed by atoms with Crippen LogP contribution in [0.25, 0.3) is 0 Å². The fourth-order valence-corrected chi connectivity index (χ4v) is 2.61. The summed E-state index contributed by atoms with van der Waals surface area (Å²) in [5.74, 6) is 0.823. The van der Waals surface area contributed by atoms with E-state index in [1.165, 1.54) is 24.0 Å². The summed E-state index contributed by atoms with van der Waals surface area (Å²) in [5, 5.41) is 13.1. The third-order valence-corrected chi connectivity index (χ3v) is 3.54. The second kappa shape index (κ2) is 7.31. The molecule has 0 aliphatic rings. The second-order valence-electron chi connectivity index (χ2n) is 4.93. The van der Waals surface area contributed by atoms with Crippen molar-refractivity contribution in [3.63, 3.8) is 0 Å². The summed E-state index contributed by atoms with van der Waals surface area (Å²) in [4.78, 5) is 17.8. The number of hydrogen-bond acceptors (Lipinski definition) is 5. The third-order valence-electron chi connectivity index (χ3n) is 2.56. The Morgan fingerprint density at radius 2 is 2.37 bits per heavy atom. The average molecular weight is 280 g/mol. The Labute approximate surface area is 117 Å². The van der Waals surface area contributed by atoms with Crippen LogP contribution in [0.2, 0.25) is 0 Å². The lowest BCUT2D eigenvalue weighted by Gasteiger charge is -2.25. The maximum atomic E-state index is 11.1. The number of nitriles is 1. The topological polar surface area (TPSA) is 81.6 Å². The zero-order chi connectivity index (χ0) is 14.3. The first-order valence-electron chi connectivity index (χ1n) is 6.32. The Kier molecular flexibility index (Phi) is 6.06. The van der Waals surface area contributed by atoms with E-state index in [1.807, 2.05) is 20.8 Å². The van der Waals surface area contributed by atoms with Crippen LogP contribution in [0.3, 0.4) is 0 Å². The Bertz CT molecular complexity index is 494. The summed E-state index contributed by atoms with van der Waals surface area (Å²) in [6, 6.07) is 4.00. The molecule has 1 atom stereocenters. The molecule has 0 fully saturated rings. The number of aromatic amines is 1. The molecule has 0 amide bonds. The van der Waals surface area contributed by atoms with Gasteiger partial charge in [-0.3, -0.25) is 10.1 Å². The van der Waals surface area contributed by atoms with Crippen LogP contribution in [0, 0.1) is 11.3 Å². The third kappa shape index (κ3) is 5.90. The molecule has 0 saturated heterocycles. The molecule has 19 heavy (non-hydrogen) atoms. The van der Waals surface area contributed by atoms with Gasteiger partial charge in [-0.15, -0.1) is 0 Å². The van der Waals surface area contributed by atoms with Crippen LogP contribution in [0.5, 0.6) is 0 Å². The number of thioether (sulfide) groups is 1. The fourth-order valence-electron chi connectivity index (χ4n) is 1.82. The highest BCUT2D eigenvalue weighted by molar-refractivity contribution is 7.99. The van der Waals surface area contributed by atoms with Crippen molar-refractivity contribution in [3.05, 3.63) is 22.6 Å². The molecule has 5 nitrogen and oxygen atoms in total. The molecule has 6 heteroatoms. The van der Waals surface area contributed by atoms with Crippen LogP contribution in [0.15, 0.2) is 22.2 Å². The van der Waals surface area contributed by atoms with Crippen LogP contribution in [-0.4, -0.2) is 27.3 Å². The van der Waals surface area contributed by atoms with E-state index in [2.05, 4.69) is 21.4 Å². The molecule has 0 spiro atoms.